The molecule has 4 rings (SSSR count). The standard InChI is InChI=1S/C11H8N4O2/c1-2-11-12-13-14-15(11)8-6-10-9(5-7(1)8)16-3-4-17-10/h1-2,5-6H,3-4H2. The van der Waals surface area contributed by atoms with Crippen LogP contribution in [-0.4, -0.2) is 33.3 Å². The number of hydrogen-bond donors (Lipinski definition) is 0. The topological polar surface area (TPSA) is 61.5 Å². The third-order valence-electron chi connectivity index (χ3n) is 2.83. The third kappa shape index (κ3) is 1.17. The number of nitrogens with zero attached hydrogens (tertiary/aromatic N) is 4. The molecule has 2 aromatic heterocycles. The zero-order valence-corrected chi connectivity index (χ0v) is 8.83. The molecule has 0 atom stereocenters. The average molecular weight is 228 g/mol. The molecule has 6 nitrogen and oxygen atoms in total. The third-order valence-corrected chi connectivity index (χ3v) is 2.83. The summed E-state index contributed by atoms with van der Waals surface area (Å²) < 4.78 is 12.8. The molecular formula is C11H8N4O2. The van der Waals surface area contributed by atoms with Gasteiger partial charge in [-0.25, -0.2) is 0 Å². The first-order chi connectivity index (χ1) is 8.42. The fraction of sp³-hybridized carbons (Fsp3) is 0.182. The Hall–Kier alpha value is -2.37. The summed E-state index contributed by atoms with van der Waals surface area (Å²) in [7, 11) is 0. The number of ether oxygens (including phenoxy) is 2. The molecule has 0 N–H and O–H groups in total. The van der Waals surface area contributed by atoms with E-state index in [1.165, 1.54) is 0 Å². The van der Waals surface area contributed by atoms with Crippen LogP contribution in [0.5, 0.6) is 11.5 Å². The molecule has 0 radical (unpaired) electrons. The lowest BCUT2D eigenvalue weighted by atomic mass is 10.2. The molecule has 0 fully saturated rings. The maximum absolute atomic E-state index is 5.55. The smallest absolute Gasteiger partial charge is 0.179 e. The van der Waals surface area contributed by atoms with Crippen LogP contribution >= 0.6 is 0 Å². The first-order valence-electron chi connectivity index (χ1n) is 5.32. The van der Waals surface area contributed by atoms with Gasteiger partial charge in [0.15, 0.2) is 17.1 Å². The maximum Gasteiger partial charge on any atom is 0.179 e. The molecule has 0 saturated heterocycles. The lowest BCUT2D eigenvalue weighted by molar-refractivity contribution is 0.172. The highest BCUT2D eigenvalue weighted by Gasteiger charge is 2.14. The predicted octanol–water partition coefficient (Wildman–Crippen LogP) is 1.05. The van der Waals surface area contributed by atoms with Gasteiger partial charge in [0.05, 0.1) is 5.52 Å². The summed E-state index contributed by atoms with van der Waals surface area (Å²) in [6, 6.07) is 7.70. The molecule has 0 spiro atoms. The summed E-state index contributed by atoms with van der Waals surface area (Å²) in [4.78, 5) is 0. The van der Waals surface area contributed by atoms with E-state index in [2.05, 4.69) is 15.5 Å². The monoisotopic (exact) mass is 228 g/mol. The molecule has 0 saturated carbocycles. The van der Waals surface area contributed by atoms with E-state index in [0.29, 0.717) is 18.9 Å². The van der Waals surface area contributed by atoms with Crippen molar-refractivity contribution in [2.24, 2.45) is 0 Å². The van der Waals surface area contributed by atoms with Crippen LogP contribution in [0.15, 0.2) is 24.3 Å². The molecule has 84 valence electrons. The van der Waals surface area contributed by atoms with E-state index in [0.717, 1.165) is 22.4 Å². The van der Waals surface area contributed by atoms with Crippen LogP contribution in [0, 0.1) is 0 Å². The Labute approximate surface area is 95.7 Å². The Morgan fingerprint density at radius 3 is 2.76 bits per heavy atom. The zero-order valence-electron chi connectivity index (χ0n) is 8.83. The van der Waals surface area contributed by atoms with Crippen LogP contribution in [0.3, 0.4) is 0 Å². The minimum Gasteiger partial charge on any atom is -0.486 e. The molecule has 0 aliphatic carbocycles. The van der Waals surface area contributed by atoms with Crippen LogP contribution in [0.4, 0.5) is 0 Å². The Bertz CT molecular complexity index is 722. The highest BCUT2D eigenvalue weighted by Crippen LogP contribution is 2.34. The zero-order chi connectivity index (χ0) is 11.2. The Morgan fingerprint density at radius 1 is 1.06 bits per heavy atom. The largest absolute Gasteiger partial charge is 0.486 e. The van der Waals surface area contributed by atoms with Gasteiger partial charge < -0.3 is 9.47 Å². The van der Waals surface area contributed by atoms with Gasteiger partial charge in [0.25, 0.3) is 0 Å². The van der Waals surface area contributed by atoms with Gasteiger partial charge in [-0.15, -0.1) is 5.10 Å². The van der Waals surface area contributed by atoms with Crippen molar-refractivity contribution in [2.45, 2.75) is 0 Å². The highest BCUT2D eigenvalue weighted by molar-refractivity contribution is 5.85. The van der Waals surface area contributed by atoms with Crippen molar-refractivity contribution in [1.82, 2.24) is 20.0 Å². The van der Waals surface area contributed by atoms with E-state index >= 15 is 0 Å². The first kappa shape index (κ1) is 8.74. The van der Waals surface area contributed by atoms with E-state index in [4.69, 9.17) is 9.47 Å². The molecule has 1 aromatic carbocycles. The molecule has 1 aliphatic heterocycles. The lowest BCUT2D eigenvalue weighted by Gasteiger charge is -2.18. The number of hydrogen-bond acceptors (Lipinski definition) is 5. The van der Waals surface area contributed by atoms with Gasteiger partial charge in [0, 0.05) is 11.5 Å². The van der Waals surface area contributed by atoms with Gasteiger partial charge in [0.2, 0.25) is 0 Å². The van der Waals surface area contributed by atoms with Crippen molar-refractivity contribution in [3.8, 4) is 11.5 Å². The summed E-state index contributed by atoms with van der Waals surface area (Å²) in [6.07, 6.45) is 0. The van der Waals surface area contributed by atoms with E-state index in [1.54, 1.807) is 4.52 Å². The number of tetrazole rings is 1. The van der Waals surface area contributed by atoms with Gasteiger partial charge in [-0.3, -0.25) is 0 Å². The second-order valence-electron chi connectivity index (χ2n) is 3.84. The molecule has 3 heterocycles. The molecule has 3 aromatic rings. The number of pyridine rings is 1. The molecule has 17 heavy (non-hydrogen) atoms. The lowest BCUT2D eigenvalue weighted by Crippen LogP contribution is -2.15. The van der Waals surface area contributed by atoms with Crippen molar-refractivity contribution < 1.29 is 9.47 Å². The van der Waals surface area contributed by atoms with Gasteiger partial charge in [0.1, 0.15) is 13.2 Å². The van der Waals surface area contributed by atoms with Crippen LogP contribution in [0.2, 0.25) is 0 Å². The number of rotatable bonds is 0. The van der Waals surface area contributed by atoms with E-state index in [1.807, 2.05) is 24.3 Å². The van der Waals surface area contributed by atoms with Gasteiger partial charge in [-0.2, -0.15) is 4.52 Å². The molecule has 1 aliphatic rings. The molecule has 0 bridgehead atoms. The minimum absolute atomic E-state index is 0.574. The molecule has 0 amide bonds. The number of benzene rings is 1. The minimum atomic E-state index is 0.574. The van der Waals surface area contributed by atoms with Crippen molar-refractivity contribution in [2.75, 3.05) is 13.2 Å². The van der Waals surface area contributed by atoms with E-state index < -0.39 is 0 Å². The second kappa shape index (κ2) is 3.07. The van der Waals surface area contributed by atoms with Gasteiger partial charge >= 0.3 is 0 Å². The van der Waals surface area contributed by atoms with Crippen LogP contribution < -0.4 is 9.47 Å². The Morgan fingerprint density at radius 2 is 1.88 bits per heavy atom. The number of aromatic nitrogens is 4. The fourth-order valence-electron chi connectivity index (χ4n) is 2.04. The molecule has 6 heteroatoms. The van der Waals surface area contributed by atoms with Crippen LogP contribution in [-0.2, 0) is 0 Å². The quantitative estimate of drug-likeness (QED) is 0.575. The van der Waals surface area contributed by atoms with Crippen molar-refractivity contribution in [3.63, 3.8) is 0 Å². The van der Waals surface area contributed by atoms with Crippen molar-refractivity contribution >= 4 is 16.6 Å². The Kier molecular flexibility index (Phi) is 1.58. The van der Waals surface area contributed by atoms with Crippen LogP contribution in [0.25, 0.3) is 16.6 Å². The van der Waals surface area contributed by atoms with Crippen molar-refractivity contribution in [1.29, 1.82) is 0 Å². The van der Waals surface area contributed by atoms with E-state index in [9.17, 15) is 0 Å². The van der Waals surface area contributed by atoms with E-state index in [-0.39, 0.29) is 0 Å². The number of fused-ring (bicyclic) bond motifs is 4. The first-order valence-corrected chi connectivity index (χ1v) is 5.32. The molecule has 0 unspecified atom stereocenters. The average Bonchev–Trinajstić information content (AvgIpc) is 2.85. The normalized spacial score (nSPS) is 14.4. The summed E-state index contributed by atoms with van der Waals surface area (Å²) >= 11 is 0. The summed E-state index contributed by atoms with van der Waals surface area (Å²) in [6.45, 7) is 1.16. The predicted molar refractivity (Wildman–Crippen MR) is 59.3 cm³/mol. The van der Waals surface area contributed by atoms with Crippen LogP contribution in [0.1, 0.15) is 0 Å². The maximum atomic E-state index is 5.55. The highest BCUT2D eigenvalue weighted by atomic mass is 16.6. The summed E-state index contributed by atoms with van der Waals surface area (Å²) in [5.41, 5.74) is 1.63. The van der Waals surface area contributed by atoms with Crippen molar-refractivity contribution in [3.05, 3.63) is 24.3 Å². The summed E-state index contributed by atoms with van der Waals surface area (Å²) in [5, 5.41) is 12.5. The summed E-state index contributed by atoms with van der Waals surface area (Å²) in [5.74, 6) is 1.52. The SMILES string of the molecule is c1cc2nnnn2c2cc3c(cc12)OCCO3. The Balaban J connectivity index is 2.12. The fourth-order valence-corrected chi connectivity index (χ4v) is 2.04. The second-order valence-corrected chi connectivity index (χ2v) is 3.84. The van der Waals surface area contributed by atoms with Gasteiger partial charge in [-0.1, -0.05) is 0 Å². The molecular weight excluding hydrogens is 220 g/mol. The van der Waals surface area contributed by atoms with Gasteiger partial charge in [-0.05, 0) is 28.6 Å².